The molecule has 4 nitrogen and oxygen atoms in total. The molecule has 1 amide bonds. The lowest BCUT2D eigenvalue weighted by Crippen LogP contribution is -2.42. The fourth-order valence-corrected chi connectivity index (χ4v) is 2.18. The van der Waals surface area contributed by atoms with Gasteiger partial charge in [0.15, 0.2) is 0 Å². The molecular weight excluding hydrogens is 266 g/mol. The summed E-state index contributed by atoms with van der Waals surface area (Å²) in [4.78, 5) is 12.2. The highest BCUT2D eigenvalue weighted by Gasteiger charge is 2.23. The number of aliphatic hydroxyl groups excluding tert-OH is 2. The maximum atomic E-state index is 12.2. The van der Waals surface area contributed by atoms with Crippen LogP contribution in [0.15, 0.2) is 54.6 Å². The van der Waals surface area contributed by atoms with E-state index in [0.29, 0.717) is 11.1 Å². The molecule has 0 aliphatic heterocycles. The summed E-state index contributed by atoms with van der Waals surface area (Å²) in [6, 6.07) is 15.4. The van der Waals surface area contributed by atoms with Crippen LogP contribution in [-0.4, -0.2) is 28.8 Å². The van der Waals surface area contributed by atoms with Gasteiger partial charge in [0.05, 0.1) is 12.6 Å². The number of amides is 1. The number of benzene rings is 2. The first-order valence-corrected chi connectivity index (χ1v) is 6.84. The minimum absolute atomic E-state index is 0.304. The van der Waals surface area contributed by atoms with Crippen LogP contribution in [0.5, 0.6) is 0 Å². The van der Waals surface area contributed by atoms with E-state index in [1.807, 2.05) is 25.1 Å². The second-order valence-corrected chi connectivity index (χ2v) is 4.93. The van der Waals surface area contributed by atoms with Gasteiger partial charge in [0.2, 0.25) is 0 Å². The fourth-order valence-electron chi connectivity index (χ4n) is 2.18. The number of hydrogen-bond acceptors (Lipinski definition) is 3. The number of hydrogen-bond donors (Lipinski definition) is 3. The van der Waals surface area contributed by atoms with Gasteiger partial charge in [-0.2, -0.15) is 0 Å². The lowest BCUT2D eigenvalue weighted by atomic mass is 10.0. The number of rotatable bonds is 5. The molecule has 21 heavy (non-hydrogen) atoms. The third-order valence-corrected chi connectivity index (χ3v) is 3.43. The van der Waals surface area contributed by atoms with Crippen molar-refractivity contribution in [2.24, 2.45) is 0 Å². The molecule has 0 aliphatic carbocycles. The van der Waals surface area contributed by atoms with Crippen molar-refractivity contribution in [2.45, 2.75) is 19.1 Å². The number of carbonyl (C=O) groups is 1. The highest BCUT2D eigenvalue weighted by atomic mass is 16.3. The Hall–Kier alpha value is -2.17. The first-order chi connectivity index (χ1) is 10.1. The Balaban J connectivity index is 2.12. The Bertz CT molecular complexity index is 598. The van der Waals surface area contributed by atoms with Gasteiger partial charge in [-0.3, -0.25) is 4.79 Å². The molecule has 0 bridgehead atoms. The third kappa shape index (κ3) is 3.68. The average Bonchev–Trinajstić information content (AvgIpc) is 2.53. The fraction of sp³-hybridized carbons (Fsp3) is 0.235. The van der Waals surface area contributed by atoms with Crippen LogP contribution in [0.25, 0.3) is 0 Å². The summed E-state index contributed by atoms with van der Waals surface area (Å²) >= 11 is 0. The van der Waals surface area contributed by atoms with Crippen molar-refractivity contribution in [3.63, 3.8) is 0 Å². The second-order valence-electron chi connectivity index (χ2n) is 4.93. The van der Waals surface area contributed by atoms with Gasteiger partial charge in [-0.15, -0.1) is 0 Å². The lowest BCUT2D eigenvalue weighted by molar-refractivity contribution is 0.0702. The number of aliphatic hydroxyl groups is 2. The molecular formula is C17H19NO3. The molecule has 0 radical (unpaired) electrons. The SMILES string of the molecule is Cc1ccccc1C(=O)N[C@@H](CO)[C@@H](O)c1ccccc1. The topological polar surface area (TPSA) is 69.6 Å². The molecule has 3 N–H and O–H groups in total. The minimum Gasteiger partial charge on any atom is -0.394 e. The zero-order valence-corrected chi connectivity index (χ0v) is 11.9. The van der Waals surface area contributed by atoms with Crippen molar-refractivity contribution in [1.82, 2.24) is 5.32 Å². The van der Waals surface area contributed by atoms with Crippen LogP contribution in [0, 0.1) is 6.92 Å². The van der Waals surface area contributed by atoms with Crippen LogP contribution in [0.2, 0.25) is 0 Å². The summed E-state index contributed by atoms with van der Waals surface area (Å²) in [5.74, 6) is -0.304. The Morgan fingerprint density at radius 3 is 2.33 bits per heavy atom. The van der Waals surface area contributed by atoms with Crippen molar-refractivity contribution in [3.05, 3.63) is 71.3 Å². The maximum Gasteiger partial charge on any atom is 0.251 e. The van der Waals surface area contributed by atoms with Crippen LogP contribution >= 0.6 is 0 Å². The monoisotopic (exact) mass is 285 g/mol. The first kappa shape index (κ1) is 15.2. The Kier molecular flexibility index (Phi) is 5.09. The van der Waals surface area contributed by atoms with Crippen molar-refractivity contribution in [1.29, 1.82) is 0 Å². The molecule has 110 valence electrons. The van der Waals surface area contributed by atoms with Crippen molar-refractivity contribution in [3.8, 4) is 0 Å². The molecule has 2 rings (SSSR count). The van der Waals surface area contributed by atoms with Crippen molar-refractivity contribution < 1.29 is 15.0 Å². The minimum atomic E-state index is -0.954. The largest absolute Gasteiger partial charge is 0.394 e. The highest BCUT2D eigenvalue weighted by Crippen LogP contribution is 2.17. The first-order valence-electron chi connectivity index (χ1n) is 6.84. The summed E-state index contributed by atoms with van der Waals surface area (Å²) in [5, 5.41) is 22.4. The van der Waals surface area contributed by atoms with Crippen molar-refractivity contribution >= 4 is 5.91 Å². The molecule has 2 aromatic carbocycles. The number of nitrogens with one attached hydrogen (secondary N) is 1. The summed E-state index contributed by atoms with van der Waals surface area (Å²) in [6.07, 6.45) is -0.954. The molecule has 2 atom stereocenters. The molecule has 0 aliphatic rings. The normalized spacial score (nSPS) is 13.5. The highest BCUT2D eigenvalue weighted by molar-refractivity contribution is 5.95. The summed E-state index contributed by atoms with van der Waals surface area (Å²) in [6.45, 7) is 1.50. The zero-order chi connectivity index (χ0) is 15.2. The molecule has 2 aromatic rings. The average molecular weight is 285 g/mol. The summed E-state index contributed by atoms with van der Waals surface area (Å²) in [7, 11) is 0. The van der Waals surface area contributed by atoms with E-state index in [1.165, 1.54) is 0 Å². The van der Waals surface area contributed by atoms with Gasteiger partial charge in [-0.1, -0.05) is 48.5 Å². The van der Waals surface area contributed by atoms with E-state index >= 15 is 0 Å². The van der Waals surface area contributed by atoms with E-state index in [9.17, 15) is 15.0 Å². The molecule has 0 aromatic heterocycles. The predicted molar refractivity (Wildman–Crippen MR) is 80.9 cm³/mol. The molecule has 0 heterocycles. The summed E-state index contributed by atoms with van der Waals surface area (Å²) < 4.78 is 0. The molecule has 0 saturated carbocycles. The Labute approximate surface area is 124 Å². The molecule has 0 spiro atoms. The van der Waals surface area contributed by atoms with Gasteiger partial charge in [-0.05, 0) is 24.1 Å². The van der Waals surface area contributed by atoms with Gasteiger partial charge >= 0.3 is 0 Å². The van der Waals surface area contributed by atoms with Crippen LogP contribution in [-0.2, 0) is 0 Å². The van der Waals surface area contributed by atoms with Gasteiger partial charge in [0.25, 0.3) is 5.91 Å². The molecule has 0 saturated heterocycles. The number of carbonyl (C=O) groups excluding carboxylic acids is 1. The zero-order valence-electron chi connectivity index (χ0n) is 11.9. The van der Waals surface area contributed by atoms with E-state index in [2.05, 4.69) is 5.32 Å². The van der Waals surface area contributed by atoms with Gasteiger partial charge in [-0.25, -0.2) is 0 Å². The lowest BCUT2D eigenvalue weighted by Gasteiger charge is -2.23. The van der Waals surface area contributed by atoms with Crippen LogP contribution in [0.3, 0.4) is 0 Å². The van der Waals surface area contributed by atoms with Gasteiger partial charge in [0.1, 0.15) is 6.10 Å². The van der Waals surface area contributed by atoms with E-state index in [0.717, 1.165) is 5.56 Å². The standard InChI is InChI=1S/C17H19NO3/c1-12-7-5-6-10-14(12)17(21)18-15(11-19)16(20)13-8-3-2-4-9-13/h2-10,15-16,19-20H,11H2,1H3,(H,18,21)/t15-,16-/m0/s1. The predicted octanol–water partition coefficient (Wildman–Crippen LogP) is 1.82. The van der Waals surface area contributed by atoms with Crippen LogP contribution in [0.4, 0.5) is 0 Å². The third-order valence-electron chi connectivity index (χ3n) is 3.43. The van der Waals surface area contributed by atoms with E-state index < -0.39 is 12.1 Å². The van der Waals surface area contributed by atoms with E-state index in [1.54, 1.807) is 36.4 Å². The molecule has 4 heteroatoms. The van der Waals surface area contributed by atoms with Crippen LogP contribution < -0.4 is 5.32 Å². The van der Waals surface area contributed by atoms with Gasteiger partial charge in [0, 0.05) is 5.56 Å². The molecule has 0 fully saturated rings. The van der Waals surface area contributed by atoms with Gasteiger partial charge < -0.3 is 15.5 Å². The number of aryl methyl sites for hydroxylation is 1. The second kappa shape index (κ2) is 7.02. The maximum absolute atomic E-state index is 12.2. The quantitative estimate of drug-likeness (QED) is 0.785. The van der Waals surface area contributed by atoms with Crippen LogP contribution in [0.1, 0.15) is 27.6 Å². The van der Waals surface area contributed by atoms with Crippen molar-refractivity contribution in [2.75, 3.05) is 6.61 Å². The van der Waals surface area contributed by atoms with E-state index in [4.69, 9.17) is 0 Å². The van der Waals surface area contributed by atoms with E-state index in [-0.39, 0.29) is 12.5 Å². The smallest absolute Gasteiger partial charge is 0.251 e. The summed E-state index contributed by atoms with van der Waals surface area (Å²) in [5.41, 5.74) is 2.04. The Morgan fingerprint density at radius 2 is 1.71 bits per heavy atom. The molecule has 0 unspecified atom stereocenters. The Morgan fingerprint density at radius 1 is 1.10 bits per heavy atom.